The van der Waals surface area contributed by atoms with Gasteiger partial charge in [0.05, 0.1) is 12.8 Å². The zero-order chi connectivity index (χ0) is 17.9. The van der Waals surface area contributed by atoms with Crippen molar-refractivity contribution < 1.29 is 4.74 Å². The molecule has 0 saturated carbocycles. The van der Waals surface area contributed by atoms with Crippen LogP contribution in [0.15, 0.2) is 85.1 Å². The van der Waals surface area contributed by atoms with Gasteiger partial charge < -0.3 is 4.74 Å². The maximum Gasteiger partial charge on any atom is 0.119 e. The average Bonchev–Trinajstić information content (AvgIpc) is 3.15. The Morgan fingerprint density at radius 2 is 1.50 bits per heavy atom. The smallest absolute Gasteiger partial charge is 0.119 e. The first-order valence-electron chi connectivity index (χ1n) is 8.30. The molecule has 1 aromatic heterocycles. The molecular weight excluding hydrogens is 344 g/mol. The molecule has 0 aliphatic rings. The van der Waals surface area contributed by atoms with Crippen molar-refractivity contribution in [2.24, 2.45) is 0 Å². The highest BCUT2D eigenvalue weighted by Gasteiger charge is 2.14. The minimum atomic E-state index is 0.720. The summed E-state index contributed by atoms with van der Waals surface area (Å²) < 4.78 is 7.14. The second-order valence-corrected chi connectivity index (χ2v) is 6.34. The van der Waals surface area contributed by atoms with Gasteiger partial charge in [-0.05, 0) is 42.0 Å². The monoisotopic (exact) mass is 360 g/mol. The van der Waals surface area contributed by atoms with Crippen LogP contribution in [0.3, 0.4) is 0 Å². The van der Waals surface area contributed by atoms with E-state index in [1.165, 1.54) is 0 Å². The van der Waals surface area contributed by atoms with E-state index in [1.54, 1.807) is 7.11 Å². The number of ether oxygens (including phenoxy) is 1. The van der Waals surface area contributed by atoms with E-state index in [2.05, 4.69) is 12.1 Å². The Hall–Kier alpha value is -3.04. The molecule has 0 unspecified atom stereocenters. The summed E-state index contributed by atoms with van der Waals surface area (Å²) in [6.45, 7) is 0. The number of hydrogen-bond acceptors (Lipinski definition) is 2. The normalized spacial score (nSPS) is 10.7. The zero-order valence-electron chi connectivity index (χ0n) is 14.3. The van der Waals surface area contributed by atoms with E-state index in [0.717, 1.165) is 38.8 Å². The molecule has 0 aliphatic carbocycles. The number of methoxy groups -OCH3 is 1. The molecular formula is C22H17ClN2O. The minimum absolute atomic E-state index is 0.720. The van der Waals surface area contributed by atoms with Gasteiger partial charge in [0.1, 0.15) is 11.4 Å². The molecule has 0 amide bonds. The standard InChI is InChI=1S/C22H17ClN2O/c1-26-20-13-11-19(12-14-20)25-15-21(16-7-9-18(23)10-8-16)22(24-25)17-5-3-2-4-6-17/h2-15H,1H3. The highest BCUT2D eigenvalue weighted by molar-refractivity contribution is 6.30. The quantitative estimate of drug-likeness (QED) is 0.455. The first kappa shape index (κ1) is 16.4. The molecule has 0 fully saturated rings. The molecule has 128 valence electrons. The molecule has 4 heteroatoms. The van der Waals surface area contributed by atoms with E-state index in [-0.39, 0.29) is 0 Å². The fourth-order valence-electron chi connectivity index (χ4n) is 2.89. The van der Waals surface area contributed by atoms with Crippen LogP contribution in [0, 0.1) is 0 Å². The fourth-order valence-corrected chi connectivity index (χ4v) is 3.02. The lowest BCUT2D eigenvalue weighted by atomic mass is 10.0. The summed E-state index contributed by atoms with van der Waals surface area (Å²) in [5, 5.41) is 5.57. The van der Waals surface area contributed by atoms with Crippen LogP contribution in [0.5, 0.6) is 5.75 Å². The van der Waals surface area contributed by atoms with E-state index in [1.807, 2.05) is 77.6 Å². The van der Waals surface area contributed by atoms with Gasteiger partial charge in [0.25, 0.3) is 0 Å². The molecule has 3 aromatic carbocycles. The fraction of sp³-hybridized carbons (Fsp3) is 0.0455. The van der Waals surface area contributed by atoms with Gasteiger partial charge in [-0.1, -0.05) is 54.1 Å². The second-order valence-electron chi connectivity index (χ2n) is 5.91. The van der Waals surface area contributed by atoms with Crippen LogP contribution in [0.4, 0.5) is 0 Å². The summed E-state index contributed by atoms with van der Waals surface area (Å²) in [6, 6.07) is 25.9. The van der Waals surface area contributed by atoms with Crippen LogP contribution in [0.1, 0.15) is 0 Å². The van der Waals surface area contributed by atoms with Crippen molar-refractivity contribution in [3.63, 3.8) is 0 Å². The van der Waals surface area contributed by atoms with Gasteiger partial charge in [0, 0.05) is 22.3 Å². The molecule has 0 radical (unpaired) electrons. The Morgan fingerprint density at radius 1 is 0.808 bits per heavy atom. The second kappa shape index (κ2) is 7.06. The first-order chi connectivity index (χ1) is 12.7. The summed E-state index contributed by atoms with van der Waals surface area (Å²) in [6.07, 6.45) is 2.05. The highest BCUT2D eigenvalue weighted by atomic mass is 35.5. The third-order valence-corrected chi connectivity index (χ3v) is 4.51. The van der Waals surface area contributed by atoms with Crippen molar-refractivity contribution in [1.82, 2.24) is 9.78 Å². The molecule has 0 spiro atoms. The van der Waals surface area contributed by atoms with Crippen LogP contribution < -0.4 is 4.74 Å². The summed E-state index contributed by atoms with van der Waals surface area (Å²) in [5.41, 5.74) is 5.12. The number of benzene rings is 3. The molecule has 0 saturated heterocycles. The van der Waals surface area contributed by atoms with E-state index >= 15 is 0 Å². The summed E-state index contributed by atoms with van der Waals surface area (Å²) in [4.78, 5) is 0. The maximum atomic E-state index is 6.05. The average molecular weight is 361 g/mol. The SMILES string of the molecule is COc1ccc(-n2cc(-c3ccc(Cl)cc3)c(-c3ccccc3)n2)cc1. The summed E-state index contributed by atoms with van der Waals surface area (Å²) in [7, 11) is 1.66. The molecule has 4 aromatic rings. The minimum Gasteiger partial charge on any atom is -0.497 e. The predicted octanol–water partition coefficient (Wildman–Crippen LogP) is 5.87. The van der Waals surface area contributed by atoms with Gasteiger partial charge in [-0.2, -0.15) is 5.10 Å². The topological polar surface area (TPSA) is 27.1 Å². The van der Waals surface area contributed by atoms with Crippen molar-refractivity contribution in [3.05, 3.63) is 90.1 Å². The van der Waals surface area contributed by atoms with Crippen LogP contribution in [0.25, 0.3) is 28.1 Å². The van der Waals surface area contributed by atoms with Gasteiger partial charge in [-0.3, -0.25) is 0 Å². The molecule has 26 heavy (non-hydrogen) atoms. The Bertz CT molecular complexity index is 1010. The number of hydrogen-bond donors (Lipinski definition) is 0. The number of nitrogens with zero attached hydrogens (tertiary/aromatic N) is 2. The molecule has 0 N–H and O–H groups in total. The van der Waals surface area contributed by atoms with E-state index < -0.39 is 0 Å². The summed E-state index contributed by atoms with van der Waals surface area (Å²) in [5.74, 6) is 0.821. The molecule has 3 nitrogen and oxygen atoms in total. The van der Waals surface area contributed by atoms with Gasteiger partial charge in [0.15, 0.2) is 0 Å². The first-order valence-corrected chi connectivity index (χ1v) is 8.68. The van der Waals surface area contributed by atoms with Crippen molar-refractivity contribution in [3.8, 4) is 33.8 Å². The molecule has 1 heterocycles. The Labute approximate surface area is 157 Å². The third kappa shape index (κ3) is 3.22. The van der Waals surface area contributed by atoms with Gasteiger partial charge in [0.2, 0.25) is 0 Å². The van der Waals surface area contributed by atoms with Crippen molar-refractivity contribution in [2.75, 3.05) is 7.11 Å². The van der Waals surface area contributed by atoms with Gasteiger partial charge in [-0.25, -0.2) is 4.68 Å². The Morgan fingerprint density at radius 3 is 2.15 bits per heavy atom. The maximum absolute atomic E-state index is 6.05. The highest BCUT2D eigenvalue weighted by Crippen LogP contribution is 2.32. The van der Waals surface area contributed by atoms with E-state index in [0.29, 0.717) is 0 Å². The Balaban J connectivity index is 1.85. The lowest BCUT2D eigenvalue weighted by Crippen LogP contribution is -1.94. The van der Waals surface area contributed by atoms with Gasteiger partial charge >= 0.3 is 0 Å². The van der Waals surface area contributed by atoms with Crippen LogP contribution in [0.2, 0.25) is 5.02 Å². The van der Waals surface area contributed by atoms with Crippen molar-refractivity contribution >= 4 is 11.6 Å². The van der Waals surface area contributed by atoms with Crippen molar-refractivity contribution in [2.45, 2.75) is 0 Å². The summed E-state index contributed by atoms with van der Waals surface area (Å²) >= 11 is 6.05. The van der Waals surface area contributed by atoms with Crippen molar-refractivity contribution in [1.29, 1.82) is 0 Å². The molecule has 0 atom stereocenters. The largest absolute Gasteiger partial charge is 0.497 e. The molecule has 0 bridgehead atoms. The Kier molecular flexibility index (Phi) is 4.46. The van der Waals surface area contributed by atoms with E-state index in [9.17, 15) is 0 Å². The van der Waals surface area contributed by atoms with Crippen LogP contribution in [-0.4, -0.2) is 16.9 Å². The van der Waals surface area contributed by atoms with E-state index in [4.69, 9.17) is 21.4 Å². The predicted molar refractivity (Wildman–Crippen MR) is 106 cm³/mol. The van der Waals surface area contributed by atoms with Crippen LogP contribution in [-0.2, 0) is 0 Å². The lowest BCUT2D eigenvalue weighted by Gasteiger charge is -2.03. The molecule has 0 aliphatic heterocycles. The zero-order valence-corrected chi connectivity index (χ0v) is 15.0. The molecule has 4 rings (SSSR count). The number of rotatable bonds is 4. The third-order valence-electron chi connectivity index (χ3n) is 4.25. The lowest BCUT2D eigenvalue weighted by molar-refractivity contribution is 0.414. The van der Waals surface area contributed by atoms with Crippen LogP contribution >= 0.6 is 11.6 Å². The number of halogens is 1. The van der Waals surface area contributed by atoms with Gasteiger partial charge in [-0.15, -0.1) is 0 Å². The number of aromatic nitrogens is 2.